The first kappa shape index (κ1) is 16.9. The minimum atomic E-state index is -1.33. The topological polar surface area (TPSA) is 36.9 Å². The van der Waals surface area contributed by atoms with Gasteiger partial charge in [0, 0.05) is 12.0 Å². The van der Waals surface area contributed by atoms with Crippen molar-refractivity contribution in [2.24, 2.45) is 0 Å². The minimum absolute atomic E-state index is 0.0872. The molecule has 0 saturated heterocycles. The van der Waals surface area contributed by atoms with Gasteiger partial charge in [0.1, 0.15) is 29.2 Å². The van der Waals surface area contributed by atoms with Crippen LogP contribution in [0.15, 0.2) is 36.4 Å². The summed E-state index contributed by atoms with van der Waals surface area (Å²) in [4.78, 5) is 0. The Kier molecular flexibility index (Phi) is 5.68. The number of alkyl halides is 1. The third kappa shape index (κ3) is 3.50. The van der Waals surface area contributed by atoms with Crippen molar-refractivity contribution >= 4 is 0 Å². The van der Waals surface area contributed by atoms with Crippen LogP contribution in [0.5, 0.6) is 23.0 Å². The van der Waals surface area contributed by atoms with Crippen LogP contribution in [0.1, 0.15) is 17.3 Å². The molecule has 0 heterocycles. The Morgan fingerprint density at radius 2 is 1.13 bits per heavy atom. The van der Waals surface area contributed by atoms with Crippen LogP contribution in [0, 0.1) is 0 Å². The SMILES string of the molecule is COc1cccc(OC)c1CC(F)c1c(OC)cccc1OC. The average Bonchev–Trinajstić information content (AvgIpc) is 2.60. The van der Waals surface area contributed by atoms with Crippen LogP contribution < -0.4 is 18.9 Å². The molecule has 0 aliphatic heterocycles. The molecule has 2 aromatic carbocycles. The number of halogens is 1. The first-order valence-electron chi connectivity index (χ1n) is 7.21. The summed E-state index contributed by atoms with van der Waals surface area (Å²) in [5.41, 5.74) is 1.04. The number of ether oxygens (including phenoxy) is 4. The highest BCUT2D eigenvalue weighted by molar-refractivity contribution is 5.50. The van der Waals surface area contributed by atoms with E-state index in [0.717, 1.165) is 0 Å². The van der Waals surface area contributed by atoms with Crippen LogP contribution in [0.4, 0.5) is 4.39 Å². The fourth-order valence-electron chi connectivity index (χ4n) is 2.60. The molecule has 0 aliphatic carbocycles. The van der Waals surface area contributed by atoms with Gasteiger partial charge in [-0.2, -0.15) is 0 Å². The Morgan fingerprint density at radius 1 is 0.739 bits per heavy atom. The van der Waals surface area contributed by atoms with Crippen LogP contribution in [-0.4, -0.2) is 28.4 Å². The van der Waals surface area contributed by atoms with E-state index in [2.05, 4.69) is 0 Å². The molecular weight excluding hydrogens is 299 g/mol. The smallest absolute Gasteiger partial charge is 0.137 e. The number of benzene rings is 2. The second-order valence-corrected chi connectivity index (χ2v) is 4.89. The van der Waals surface area contributed by atoms with Crippen LogP contribution in [-0.2, 0) is 6.42 Å². The third-order valence-corrected chi connectivity index (χ3v) is 3.69. The minimum Gasteiger partial charge on any atom is -0.496 e. The van der Waals surface area contributed by atoms with E-state index in [1.165, 1.54) is 14.2 Å². The Balaban J connectivity index is 2.42. The van der Waals surface area contributed by atoms with Crippen molar-refractivity contribution in [2.45, 2.75) is 12.6 Å². The molecular formula is C18H21FO4. The maximum absolute atomic E-state index is 15.1. The molecule has 0 fully saturated rings. The maximum atomic E-state index is 15.1. The summed E-state index contributed by atoms with van der Waals surface area (Å²) in [6.07, 6.45) is -1.24. The number of hydrogen-bond acceptors (Lipinski definition) is 4. The van der Waals surface area contributed by atoms with Crippen LogP contribution >= 0.6 is 0 Å². The van der Waals surface area contributed by atoms with Crippen molar-refractivity contribution in [1.82, 2.24) is 0 Å². The summed E-state index contributed by atoms with van der Waals surface area (Å²) < 4.78 is 36.3. The van der Waals surface area contributed by atoms with Crippen LogP contribution in [0.3, 0.4) is 0 Å². The molecule has 0 saturated carbocycles. The van der Waals surface area contributed by atoms with E-state index in [-0.39, 0.29) is 6.42 Å². The molecule has 4 nitrogen and oxygen atoms in total. The Morgan fingerprint density at radius 3 is 1.52 bits per heavy atom. The highest BCUT2D eigenvalue weighted by Gasteiger charge is 2.24. The molecule has 5 heteroatoms. The van der Waals surface area contributed by atoms with Crippen molar-refractivity contribution in [3.63, 3.8) is 0 Å². The molecule has 0 bridgehead atoms. The quantitative estimate of drug-likeness (QED) is 0.773. The number of hydrogen-bond donors (Lipinski definition) is 0. The fraction of sp³-hybridized carbons (Fsp3) is 0.333. The Hall–Kier alpha value is -2.43. The highest BCUT2D eigenvalue weighted by atomic mass is 19.1. The molecule has 0 N–H and O–H groups in total. The maximum Gasteiger partial charge on any atom is 0.137 e. The molecule has 1 unspecified atom stereocenters. The van der Waals surface area contributed by atoms with Crippen LogP contribution in [0.25, 0.3) is 0 Å². The summed E-state index contributed by atoms with van der Waals surface area (Å²) in [6, 6.07) is 10.6. The lowest BCUT2D eigenvalue weighted by atomic mass is 9.99. The average molecular weight is 320 g/mol. The fourth-order valence-corrected chi connectivity index (χ4v) is 2.60. The lowest BCUT2D eigenvalue weighted by Gasteiger charge is -2.19. The number of methoxy groups -OCH3 is 4. The van der Waals surface area contributed by atoms with Gasteiger partial charge in [0.15, 0.2) is 0 Å². The summed E-state index contributed by atoms with van der Waals surface area (Å²) in [5, 5.41) is 0. The van der Waals surface area contributed by atoms with Crippen molar-refractivity contribution in [3.8, 4) is 23.0 Å². The normalized spacial score (nSPS) is 11.7. The summed E-state index contributed by atoms with van der Waals surface area (Å²) in [5.74, 6) is 2.07. The molecule has 0 radical (unpaired) electrons. The van der Waals surface area contributed by atoms with E-state index in [1.807, 2.05) is 0 Å². The largest absolute Gasteiger partial charge is 0.496 e. The number of rotatable bonds is 7. The predicted octanol–water partition coefficient (Wildman–Crippen LogP) is 3.97. The zero-order valence-corrected chi connectivity index (χ0v) is 13.8. The van der Waals surface area contributed by atoms with E-state index in [1.54, 1.807) is 50.6 Å². The van der Waals surface area contributed by atoms with Gasteiger partial charge in [-0.3, -0.25) is 0 Å². The standard InChI is InChI=1S/C18H21FO4/c1-20-14-7-5-8-15(21-2)12(14)11-13(19)18-16(22-3)9-6-10-17(18)23-4/h5-10,13H,11H2,1-4H3. The summed E-state index contributed by atoms with van der Waals surface area (Å²) in [7, 11) is 6.12. The second-order valence-electron chi connectivity index (χ2n) is 4.89. The van der Waals surface area contributed by atoms with Crippen molar-refractivity contribution in [3.05, 3.63) is 47.5 Å². The van der Waals surface area contributed by atoms with Gasteiger partial charge in [-0.15, -0.1) is 0 Å². The van der Waals surface area contributed by atoms with Gasteiger partial charge in [-0.05, 0) is 24.3 Å². The predicted molar refractivity (Wildman–Crippen MR) is 86.6 cm³/mol. The zero-order chi connectivity index (χ0) is 16.8. The van der Waals surface area contributed by atoms with E-state index >= 15 is 4.39 Å². The Bertz CT molecular complexity index is 613. The van der Waals surface area contributed by atoms with E-state index in [4.69, 9.17) is 18.9 Å². The van der Waals surface area contributed by atoms with Gasteiger partial charge in [-0.25, -0.2) is 4.39 Å². The molecule has 2 rings (SSSR count). The molecule has 0 aliphatic rings. The zero-order valence-electron chi connectivity index (χ0n) is 13.8. The van der Waals surface area contributed by atoms with E-state index < -0.39 is 6.17 Å². The van der Waals surface area contributed by atoms with E-state index in [9.17, 15) is 0 Å². The first-order valence-corrected chi connectivity index (χ1v) is 7.21. The van der Waals surface area contributed by atoms with E-state index in [0.29, 0.717) is 34.1 Å². The summed E-state index contributed by atoms with van der Waals surface area (Å²) in [6.45, 7) is 0. The molecule has 23 heavy (non-hydrogen) atoms. The lowest BCUT2D eigenvalue weighted by Crippen LogP contribution is -2.05. The molecule has 0 aromatic heterocycles. The van der Waals surface area contributed by atoms with Gasteiger partial charge in [0.2, 0.25) is 0 Å². The molecule has 124 valence electrons. The van der Waals surface area contributed by atoms with Gasteiger partial charge < -0.3 is 18.9 Å². The molecule has 1 atom stereocenters. The van der Waals surface area contributed by atoms with Gasteiger partial charge in [0.05, 0.1) is 34.0 Å². The molecule has 0 spiro atoms. The highest BCUT2D eigenvalue weighted by Crippen LogP contribution is 2.40. The van der Waals surface area contributed by atoms with Crippen molar-refractivity contribution < 1.29 is 23.3 Å². The van der Waals surface area contributed by atoms with Crippen molar-refractivity contribution in [2.75, 3.05) is 28.4 Å². The van der Waals surface area contributed by atoms with Gasteiger partial charge in [0.25, 0.3) is 0 Å². The molecule has 0 amide bonds. The van der Waals surface area contributed by atoms with Crippen molar-refractivity contribution in [1.29, 1.82) is 0 Å². The first-order chi connectivity index (χ1) is 11.2. The second kappa shape index (κ2) is 7.72. The van der Waals surface area contributed by atoms with Crippen LogP contribution in [0.2, 0.25) is 0 Å². The lowest BCUT2D eigenvalue weighted by molar-refractivity contribution is 0.297. The Labute approximate surface area is 135 Å². The van der Waals surface area contributed by atoms with Gasteiger partial charge in [-0.1, -0.05) is 12.1 Å². The van der Waals surface area contributed by atoms with Gasteiger partial charge >= 0.3 is 0 Å². The molecule has 2 aromatic rings. The monoisotopic (exact) mass is 320 g/mol. The third-order valence-electron chi connectivity index (χ3n) is 3.69. The summed E-state index contributed by atoms with van der Waals surface area (Å²) >= 11 is 0.